The molecule has 0 aromatic carbocycles. The third kappa shape index (κ3) is 2.53. The van der Waals surface area contributed by atoms with Crippen LogP contribution in [0.15, 0.2) is 23.8 Å². The molecule has 3 saturated carbocycles. The average molecular weight is 506 g/mol. The average Bonchev–Trinajstić information content (AvgIpc) is 3.11. The lowest BCUT2D eigenvalue weighted by Gasteiger charge is -2.64. The van der Waals surface area contributed by atoms with Gasteiger partial charge in [-0.1, -0.05) is 19.9 Å². The minimum Gasteiger partial charge on any atom is -0.344 e. The van der Waals surface area contributed by atoms with Crippen LogP contribution in [0.3, 0.4) is 0 Å². The third-order valence-corrected chi connectivity index (χ3v) is 10.9. The Morgan fingerprint density at radius 1 is 1.22 bits per heavy atom. The van der Waals surface area contributed by atoms with Crippen molar-refractivity contribution in [2.45, 2.75) is 80.9 Å². The molecule has 4 fully saturated rings. The molecule has 5 aliphatic rings. The molecule has 0 unspecified atom stereocenters. The number of hydrogen-bond donors (Lipinski definition) is 0. The molecule has 4 aliphatic carbocycles. The molecule has 1 heterocycles. The molecule has 0 N–H and O–H groups in total. The zero-order valence-corrected chi connectivity index (χ0v) is 20.9. The van der Waals surface area contributed by atoms with Crippen molar-refractivity contribution in [3.63, 3.8) is 0 Å². The molecule has 5 rings (SSSR count). The zero-order valence-electron chi connectivity index (χ0n) is 18.6. The molecule has 32 heavy (non-hydrogen) atoms. The molecule has 0 amide bonds. The van der Waals surface area contributed by atoms with Gasteiger partial charge < -0.3 is 9.47 Å². The number of alkyl halides is 4. The minimum atomic E-state index is -1.32. The Hall–Kier alpha value is -0.460. The van der Waals surface area contributed by atoms with Crippen molar-refractivity contribution < 1.29 is 23.5 Å². The van der Waals surface area contributed by atoms with Crippen LogP contribution in [0.1, 0.15) is 47.0 Å². The fraction of sp³-hybridized carbons (Fsp3) is 0.750. The summed E-state index contributed by atoms with van der Waals surface area (Å²) in [5.41, 5.74) is -2.50. The highest BCUT2D eigenvalue weighted by Crippen LogP contribution is 2.73. The molecule has 0 bridgehead atoms. The molecule has 9 atom stereocenters. The van der Waals surface area contributed by atoms with Gasteiger partial charge in [0.25, 0.3) is 0 Å². The maximum absolute atomic E-state index is 15.6. The molecule has 8 heteroatoms. The smallest absolute Gasteiger partial charge is 0.182 e. The van der Waals surface area contributed by atoms with Crippen molar-refractivity contribution in [2.75, 3.05) is 5.88 Å². The van der Waals surface area contributed by atoms with Gasteiger partial charge in [-0.15, -0.1) is 34.8 Å². The van der Waals surface area contributed by atoms with Crippen molar-refractivity contribution in [1.82, 2.24) is 0 Å². The summed E-state index contributed by atoms with van der Waals surface area (Å²) in [6.07, 6.45) is 3.75. The quantitative estimate of drug-likeness (QED) is 0.488. The Labute approximate surface area is 202 Å². The van der Waals surface area contributed by atoms with Gasteiger partial charge in [0.2, 0.25) is 0 Å². The van der Waals surface area contributed by atoms with Crippen LogP contribution in [0.5, 0.6) is 0 Å². The van der Waals surface area contributed by atoms with E-state index in [1.165, 1.54) is 12.2 Å². The normalized spacial score (nSPS) is 53.2. The molecular formula is C24H28Cl3FO4. The molecule has 0 aromatic heterocycles. The van der Waals surface area contributed by atoms with E-state index in [-0.39, 0.29) is 35.7 Å². The van der Waals surface area contributed by atoms with Crippen molar-refractivity contribution in [2.24, 2.45) is 22.7 Å². The van der Waals surface area contributed by atoms with Crippen molar-refractivity contribution in [3.05, 3.63) is 23.8 Å². The Morgan fingerprint density at radius 3 is 2.56 bits per heavy atom. The SMILES string of the molecule is CC1(C)O[C@@H]2C[C@H]3[C@@H]4C[C@H](F)C5=CC(=O)C=C[C@]5(C)[C@@]4(Cl)[C@H](Cl)C[C@]3(C)[C@]2(C(=O)CCl)O1. The number of Topliss-reactive ketones (excluding diaryl/α,β-unsaturated/α-hetero) is 1. The monoisotopic (exact) mass is 504 g/mol. The predicted octanol–water partition coefficient (Wildman–Crippen LogP) is 5.13. The first-order valence-electron chi connectivity index (χ1n) is 11.2. The molecule has 4 nitrogen and oxygen atoms in total. The zero-order chi connectivity index (χ0) is 23.5. The summed E-state index contributed by atoms with van der Waals surface area (Å²) in [7, 11) is 0. The van der Waals surface area contributed by atoms with Gasteiger partial charge in [-0.25, -0.2) is 4.39 Å². The number of fused-ring (bicyclic) bond motifs is 7. The number of carbonyl (C=O) groups is 2. The van der Waals surface area contributed by atoms with E-state index in [1.807, 2.05) is 13.8 Å². The lowest BCUT2D eigenvalue weighted by molar-refractivity contribution is -0.211. The van der Waals surface area contributed by atoms with Crippen LogP contribution in [0.25, 0.3) is 0 Å². The van der Waals surface area contributed by atoms with Crippen molar-refractivity contribution in [3.8, 4) is 0 Å². The van der Waals surface area contributed by atoms with E-state index in [2.05, 4.69) is 0 Å². The summed E-state index contributed by atoms with van der Waals surface area (Å²) in [4.78, 5) is 24.4. The molecule has 0 aromatic rings. The summed E-state index contributed by atoms with van der Waals surface area (Å²) in [5.74, 6) is -2.12. The van der Waals surface area contributed by atoms with Crippen molar-refractivity contribution >= 4 is 46.4 Å². The second kappa shape index (κ2) is 6.81. The van der Waals surface area contributed by atoms with Crippen LogP contribution < -0.4 is 0 Å². The Balaban J connectivity index is 1.66. The van der Waals surface area contributed by atoms with Crippen LogP contribution in [0.2, 0.25) is 0 Å². The number of rotatable bonds is 2. The number of ketones is 2. The van der Waals surface area contributed by atoms with Gasteiger partial charge in [0.15, 0.2) is 23.0 Å². The van der Waals surface area contributed by atoms with E-state index < -0.39 is 44.7 Å². The van der Waals surface area contributed by atoms with Gasteiger partial charge in [0.05, 0.1) is 22.2 Å². The highest BCUT2D eigenvalue weighted by molar-refractivity contribution is 6.34. The molecule has 0 radical (unpaired) electrons. The molecule has 1 saturated heterocycles. The Bertz CT molecular complexity index is 965. The molecule has 1 aliphatic heterocycles. The summed E-state index contributed by atoms with van der Waals surface area (Å²) >= 11 is 20.7. The van der Waals surface area contributed by atoms with E-state index in [1.54, 1.807) is 19.9 Å². The number of halogens is 4. The second-order valence-electron chi connectivity index (χ2n) is 10.9. The van der Waals surface area contributed by atoms with Crippen molar-refractivity contribution in [1.29, 1.82) is 0 Å². The topological polar surface area (TPSA) is 52.6 Å². The summed E-state index contributed by atoms with van der Waals surface area (Å²) in [6, 6.07) is 0. The number of hydrogen-bond acceptors (Lipinski definition) is 4. The fourth-order valence-corrected chi connectivity index (χ4v) is 9.23. The lowest BCUT2D eigenvalue weighted by Crippen LogP contribution is -2.69. The molecule has 0 spiro atoms. The van der Waals surface area contributed by atoms with Crippen LogP contribution in [-0.4, -0.2) is 51.4 Å². The summed E-state index contributed by atoms with van der Waals surface area (Å²) in [5, 5.41) is -0.597. The van der Waals surface area contributed by atoms with Crippen LogP contribution >= 0.6 is 34.8 Å². The Morgan fingerprint density at radius 2 is 1.91 bits per heavy atom. The third-order valence-electron chi connectivity index (χ3n) is 9.11. The maximum Gasteiger partial charge on any atom is 0.182 e. The summed E-state index contributed by atoms with van der Waals surface area (Å²) < 4.78 is 28.2. The first-order valence-corrected chi connectivity index (χ1v) is 12.5. The van der Waals surface area contributed by atoms with E-state index in [4.69, 9.17) is 44.3 Å². The van der Waals surface area contributed by atoms with Gasteiger partial charge >= 0.3 is 0 Å². The summed E-state index contributed by atoms with van der Waals surface area (Å²) in [6.45, 7) is 7.46. The van der Waals surface area contributed by atoms with E-state index in [9.17, 15) is 9.59 Å². The number of carbonyl (C=O) groups excluding carboxylic acids is 2. The largest absolute Gasteiger partial charge is 0.344 e. The van der Waals surface area contributed by atoms with E-state index >= 15 is 4.39 Å². The highest BCUT2D eigenvalue weighted by atomic mass is 35.5. The standard InChI is InChI=1S/C24H28Cl3FO4/c1-20(2)31-19-9-13-14-8-16(28)15-7-12(29)5-6-21(15,3)23(14,27)17(26)10-22(13,4)24(19,32-20)18(30)11-25/h5-7,13-14,16-17,19H,8-11H2,1-4H3/t13-,14-,16-,17+,19+,21-,22-,23-,24+/m0/s1. The second-order valence-corrected chi connectivity index (χ2v) is 12.4. The number of allylic oxidation sites excluding steroid dienone is 4. The molecule has 176 valence electrons. The minimum absolute atomic E-state index is 0.136. The van der Waals surface area contributed by atoms with Crippen LogP contribution in [0, 0.1) is 22.7 Å². The van der Waals surface area contributed by atoms with Gasteiger partial charge in [-0.2, -0.15) is 0 Å². The van der Waals surface area contributed by atoms with Crippen LogP contribution in [-0.2, 0) is 19.1 Å². The fourth-order valence-electron chi connectivity index (χ4n) is 7.84. The predicted molar refractivity (Wildman–Crippen MR) is 121 cm³/mol. The first kappa shape index (κ1) is 23.3. The first-order chi connectivity index (χ1) is 14.8. The molecular weight excluding hydrogens is 478 g/mol. The van der Waals surface area contributed by atoms with Crippen LogP contribution in [0.4, 0.5) is 4.39 Å². The lowest BCUT2D eigenvalue weighted by atomic mass is 9.46. The van der Waals surface area contributed by atoms with Gasteiger partial charge in [-0.3, -0.25) is 9.59 Å². The van der Waals surface area contributed by atoms with Gasteiger partial charge in [-0.05, 0) is 62.7 Å². The van der Waals surface area contributed by atoms with E-state index in [0.29, 0.717) is 18.4 Å². The Kier molecular flexibility index (Phi) is 4.96. The van der Waals surface area contributed by atoms with Gasteiger partial charge in [0, 0.05) is 10.8 Å². The number of ether oxygens (including phenoxy) is 2. The van der Waals surface area contributed by atoms with Gasteiger partial charge in [0.1, 0.15) is 6.17 Å². The maximum atomic E-state index is 15.6. The highest BCUT2D eigenvalue weighted by Gasteiger charge is 2.79. The van der Waals surface area contributed by atoms with E-state index in [0.717, 1.165) is 0 Å².